The summed E-state index contributed by atoms with van der Waals surface area (Å²) < 4.78 is 31.2. The van der Waals surface area contributed by atoms with Gasteiger partial charge in [0, 0.05) is 102 Å². The van der Waals surface area contributed by atoms with Crippen LogP contribution in [0.5, 0.6) is 0 Å². The van der Waals surface area contributed by atoms with Crippen LogP contribution < -0.4 is 30.7 Å². The molecule has 0 saturated carbocycles. The zero-order chi connectivity index (χ0) is 51.4. The zero-order valence-electron chi connectivity index (χ0n) is 43.2. The minimum absolute atomic E-state index is 0.0223. The number of aryl methyl sites for hydroxylation is 1. The molecule has 8 rings (SSSR count). The Morgan fingerprint density at radius 2 is 1.54 bits per heavy atom. The molecule has 3 aromatic rings. The lowest BCUT2D eigenvalue weighted by molar-refractivity contribution is -0.141. The predicted molar refractivity (Wildman–Crippen MR) is 277 cm³/mol. The third-order valence-electron chi connectivity index (χ3n) is 15.3. The molecule has 18 heteroatoms. The molecule has 0 aliphatic carbocycles. The number of rotatable bonds is 18. The molecule has 5 fully saturated rings. The average Bonchev–Trinajstić information content (AvgIpc) is 3.37. The fourth-order valence-electron chi connectivity index (χ4n) is 10.7. The van der Waals surface area contributed by atoms with E-state index in [4.69, 9.17) is 0 Å². The van der Waals surface area contributed by atoms with E-state index in [0.29, 0.717) is 90.0 Å². The van der Waals surface area contributed by atoms with Crippen molar-refractivity contribution in [3.05, 3.63) is 71.1 Å². The Morgan fingerprint density at radius 3 is 2.26 bits per heavy atom. The van der Waals surface area contributed by atoms with Crippen LogP contribution >= 0.6 is 0 Å². The maximum absolute atomic E-state index is 15.7. The second kappa shape index (κ2) is 24.7. The van der Waals surface area contributed by atoms with Crippen molar-refractivity contribution in [1.29, 1.82) is 0 Å². The molecule has 72 heavy (non-hydrogen) atoms. The first-order valence-electron chi connectivity index (χ1n) is 26.4. The number of piperidine rings is 3. The first kappa shape index (κ1) is 53.9. The van der Waals surface area contributed by atoms with E-state index in [1.165, 1.54) is 17.0 Å². The molecular formula is C54H77F2N11O5. The number of carbonyl (C=O) groups excluding carboxylic acids is 5. The molecule has 3 N–H and O–H groups in total. The molecule has 5 saturated heterocycles. The minimum atomic E-state index is -0.674. The quantitative estimate of drug-likeness (QED) is 0.0716. The van der Waals surface area contributed by atoms with Crippen LogP contribution in [0.3, 0.4) is 0 Å². The predicted octanol–water partition coefficient (Wildman–Crippen LogP) is 6.55. The summed E-state index contributed by atoms with van der Waals surface area (Å²) in [5.41, 5.74) is 3.16. The highest BCUT2D eigenvalue weighted by molar-refractivity contribution is 6.00. The number of anilines is 4. The SMILES string of the molecule is CC.Cc1ccc(N2CCN(C(=O)CCCCCCCNc3cc(N4CCC5(CC4)CN(c4cc(F)c(CN6CCC(C)(C)CC6)cc4F)CC(=O)N5)ncn3)CC2)cc1CN(C=O)C1CCC(=O)NC1=O. The Bertz CT molecular complexity index is 2360. The number of carbonyl (C=O) groups is 5. The third-order valence-corrected chi connectivity index (χ3v) is 15.3. The highest BCUT2D eigenvalue weighted by Gasteiger charge is 2.42. The van der Waals surface area contributed by atoms with Crippen molar-refractivity contribution in [2.45, 2.75) is 136 Å². The Kier molecular flexibility index (Phi) is 18.5. The monoisotopic (exact) mass is 998 g/mol. The number of piperazine rings is 2. The van der Waals surface area contributed by atoms with Gasteiger partial charge in [0.15, 0.2) is 0 Å². The fraction of sp³-hybridized carbons (Fsp3) is 0.611. The van der Waals surface area contributed by atoms with Crippen LogP contribution in [-0.4, -0.2) is 138 Å². The van der Waals surface area contributed by atoms with Crippen LogP contribution in [0, 0.1) is 24.0 Å². The normalized spacial score (nSPS) is 20.1. The summed E-state index contributed by atoms with van der Waals surface area (Å²) in [6.07, 6.45) is 11.5. The van der Waals surface area contributed by atoms with E-state index < -0.39 is 29.1 Å². The Hall–Kier alpha value is -5.91. The van der Waals surface area contributed by atoms with Gasteiger partial charge < -0.3 is 35.1 Å². The van der Waals surface area contributed by atoms with Crippen molar-refractivity contribution in [3.63, 3.8) is 0 Å². The number of unbranched alkanes of at least 4 members (excludes halogenated alkanes) is 4. The first-order chi connectivity index (χ1) is 34.7. The van der Waals surface area contributed by atoms with E-state index in [1.807, 2.05) is 37.8 Å². The summed E-state index contributed by atoms with van der Waals surface area (Å²) in [5.74, 6) is -0.152. The zero-order valence-corrected chi connectivity index (χ0v) is 43.2. The van der Waals surface area contributed by atoms with E-state index in [-0.39, 0.29) is 48.3 Å². The molecule has 0 bridgehead atoms. The number of imide groups is 1. The van der Waals surface area contributed by atoms with Gasteiger partial charge in [0.05, 0.1) is 17.8 Å². The van der Waals surface area contributed by atoms with Crippen molar-refractivity contribution in [3.8, 4) is 0 Å². The van der Waals surface area contributed by atoms with E-state index >= 15 is 8.78 Å². The fourth-order valence-corrected chi connectivity index (χ4v) is 10.7. The average molecular weight is 998 g/mol. The lowest BCUT2D eigenvalue weighted by atomic mass is 9.82. The summed E-state index contributed by atoms with van der Waals surface area (Å²) in [5, 5.41) is 8.97. The third kappa shape index (κ3) is 14.0. The van der Waals surface area contributed by atoms with Crippen molar-refractivity contribution < 1.29 is 32.8 Å². The number of aromatic nitrogens is 2. The van der Waals surface area contributed by atoms with Crippen molar-refractivity contribution in [2.75, 3.05) is 92.0 Å². The van der Waals surface area contributed by atoms with E-state index in [9.17, 15) is 24.0 Å². The van der Waals surface area contributed by atoms with Gasteiger partial charge in [-0.25, -0.2) is 18.7 Å². The summed E-state index contributed by atoms with van der Waals surface area (Å²) in [6.45, 7) is 17.9. The summed E-state index contributed by atoms with van der Waals surface area (Å²) >= 11 is 0. The van der Waals surface area contributed by atoms with Gasteiger partial charge in [-0.15, -0.1) is 0 Å². The van der Waals surface area contributed by atoms with Crippen LogP contribution in [0.25, 0.3) is 0 Å². The molecule has 1 aromatic heterocycles. The highest BCUT2D eigenvalue weighted by Crippen LogP contribution is 2.35. The van der Waals surface area contributed by atoms with Crippen molar-refractivity contribution >= 4 is 53.0 Å². The standard InChI is InChI=1S/C52H71F2N11O5.C2H6/c1-37-10-11-40(27-38(37)32-65(36-66)43-12-13-47(67)58-50(43)70)61-23-25-63(26-24-61)49(69)9-7-5-4-6-8-18-55-45-30-46(57-35-56-45)62-21-16-52(17-22-62)34-64(33-48(68)59-52)44-29-41(53)39(28-42(44)54)31-60-19-14-51(2,3)15-20-60;1-2/h10-11,27-30,35-36,43H,4-9,12-26,31-34H2,1-3H3,(H,59,68)(H,55,56,57)(H,58,67,70);1-2H3. The molecule has 392 valence electrons. The number of nitrogens with zero attached hydrogens (tertiary/aromatic N) is 8. The maximum Gasteiger partial charge on any atom is 0.249 e. The highest BCUT2D eigenvalue weighted by atomic mass is 19.1. The molecule has 5 aliphatic rings. The molecule has 5 aliphatic heterocycles. The maximum atomic E-state index is 15.7. The summed E-state index contributed by atoms with van der Waals surface area (Å²) in [4.78, 5) is 82.9. The second-order valence-electron chi connectivity index (χ2n) is 20.9. The van der Waals surface area contributed by atoms with E-state index in [1.54, 1.807) is 11.2 Å². The molecule has 5 amide bonds. The van der Waals surface area contributed by atoms with Gasteiger partial charge in [0.25, 0.3) is 0 Å². The Labute approximate surface area is 424 Å². The van der Waals surface area contributed by atoms with Crippen LogP contribution in [0.4, 0.5) is 31.8 Å². The lowest BCUT2D eigenvalue weighted by Gasteiger charge is -2.48. The van der Waals surface area contributed by atoms with Gasteiger partial charge in [-0.1, -0.05) is 53.0 Å². The van der Waals surface area contributed by atoms with Crippen LogP contribution in [0.2, 0.25) is 0 Å². The number of hydrogen-bond acceptors (Lipinski definition) is 12. The van der Waals surface area contributed by atoms with Gasteiger partial charge >= 0.3 is 0 Å². The second-order valence-corrected chi connectivity index (χ2v) is 20.9. The van der Waals surface area contributed by atoms with Gasteiger partial charge in [0.1, 0.15) is 35.6 Å². The molecule has 6 heterocycles. The molecule has 2 aromatic carbocycles. The van der Waals surface area contributed by atoms with Crippen molar-refractivity contribution in [1.82, 2.24) is 35.3 Å². The summed E-state index contributed by atoms with van der Waals surface area (Å²) in [6, 6.07) is 10.0. The Morgan fingerprint density at radius 1 is 0.819 bits per heavy atom. The van der Waals surface area contributed by atoms with E-state index in [2.05, 4.69) is 66.6 Å². The number of amides is 5. The number of likely N-dealkylation sites (tertiary alicyclic amines) is 1. The molecule has 1 unspecified atom stereocenters. The number of halogens is 2. The van der Waals surface area contributed by atoms with Crippen LogP contribution in [0.15, 0.2) is 42.7 Å². The van der Waals surface area contributed by atoms with Gasteiger partial charge in [-0.2, -0.15) is 0 Å². The molecular weight excluding hydrogens is 921 g/mol. The van der Waals surface area contributed by atoms with Gasteiger partial charge in [-0.3, -0.25) is 34.2 Å². The Balaban J connectivity index is 0.00000376. The molecule has 1 spiro atoms. The van der Waals surface area contributed by atoms with Gasteiger partial charge in [0.2, 0.25) is 30.0 Å². The molecule has 0 radical (unpaired) electrons. The topological polar surface area (TPSA) is 167 Å². The smallest absolute Gasteiger partial charge is 0.249 e. The van der Waals surface area contributed by atoms with Crippen LogP contribution in [0.1, 0.15) is 121 Å². The van der Waals surface area contributed by atoms with E-state index in [0.717, 1.165) is 93.0 Å². The largest absolute Gasteiger partial charge is 0.370 e. The van der Waals surface area contributed by atoms with Gasteiger partial charge in [-0.05, 0) is 99.7 Å². The molecule has 1 atom stereocenters. The van der Waals surface area contributed by atoms with Crippen LogP contribution in [-0.2, 0) is 37.1 Å². The minimum Gasteiger partial charge on any atom is -0.370 e. The lowest BCUT2D eigenvalue weighted by Crippen LogP contribution is -2.66. The van der Waals surface area contributed by atoms with Crippen molar-refractivity contribution in [2.24, 2.45) is 5.41 Å². The molecule has 16 nitrogen and oxygen atoms in total. The summed E-state index contributed by atoms with van der Waals surface area (Å²) in [7, 11) is 0. The number of hydrogen-bond donors (Lipinski definition) is 3. The number of benzene rings is 2. The number of nitrogens with one attached hydrogen (secondary N) is 3. The first-order valence-corrected chi connectivity index (χ1v) is 26.4.